The number of nitrogens with zero attached hydrogens (tertiary/aromatic N) is 1. The molecule has 2 aromatic rings. The van der Waals surface area contributed by atoms with Crippen LogP contribution in [-0.2, 0) is 6.42 Å². The fraction of sp³-hybridized carbons (Fsp3) is 0.125. The lowest BCUT2D eigenvalue weighted by atomic mass is 10.3. The van der Waals surface area contributed by atoms with E-state index in [1.54, 1.807) is 11.3 Å². The number of nitrogens with two attached hydrogens (primary N) is 1. The van der Waals surface area contributed by atoms with Crippen molar-refractivity contribution < 1.29 is 0 Å². The van der Waals surface area contributed by atoms with E-state index in [1.165, 1.54) is 16.2 Å². The van der Waals surface area contributed by atoms with Gasteiger partial charge in [0.15, 0.2) is 5.13 Å². The molecule has 0 aliphatic rings. The van der Waals surface area contributed by atoms with Crippen molar-refractivity contribution in [3.05, 3.63) is 31.9 Å². The third kappa shape index (κ3) is 2.10. The lowest BCUT2D eigenvalue weighted by Gasteiger charge is -1.92. The number of aromatic nitrogens is 1. The second-order valence-electron chi connectivity index (χ2n) is 2.53. The molecule has 2 N–H and O–H groups in total. The molecule has 2 nitrogen and oxygen atoms in total. The number of halogens is 1. The van der Waals surface area contributed by atoms with Crippen molar-refractivity contribution >= 4 is 43.7 Å². The molecular weight excluding hydrogens is 268 g/mol. The van der Waals surface area contributed by atoms with Crippen molar-refractivity contribution in [2.75, 3.05) is 5.73 Å². The van der Waals surface area contributed by atoms with E-state index in [-0.39, 0.29) is 0 Å². The molecular formula is C8H7BrN2S2. The van der Waals surface area contributed by atoms with E-state index in [2.05, 4.69) is 32.4 Å². The summed E-state index contributed by atoms with van der Waals surface area (Å²) in [7, 11) is 0. The summed E-state index contributed by atoms with van der Waals surface area (Å²) in [6.07, 6.45) is 0.867. The van der Waals surface area contributed by atoms with Crippen LogP contribution in [0, 0.1) is 0 Å². The smallest absolute Gasteiger partial charge is 0.181 e. The van der Waals surface area contributed by atoms with Gasteiger partial charge in [0.05, 0.1) is 9.48 Å². The highest BCUT2D eigenvalue weighted by molar-refractivity contribution is 9.11. The van der Waals surface area contributed by atoms with Crippen LogP contribution in [0.3, 0.4) is 0 Å². The number of anilines is 1. The van der Waals surface area contributed by atoms with Crippen LogP contribution < -0.4 is 5.73 Å². The maximum atomic E-state index is 5.59. The van der Waals surface area contributed by atoms with E-state index >= 15 is 0 Å². The van der Waals surface area contributed by atoms with Crippen molar-refractivity contribution in [3.63, 3.8) is 0 Å². The summed E-state index contributed by atoms with van der Waals surface area (Å²) >= 11 is 6.66. The zero-order chi connectivity index (χ0) is 9.26. The van der Waals surface area contributed by atoms with Gasteiger partial charge >= 0.3 is 0 Å². The summed E-state index contributed by atoms with van der Waals surface area (Å²) in [5.41, 5.74) is 6.62. The Balaban J connectivity index is 2.23. The molecule has 2 heterocycles. The fourth-order valence-electron chi connectivity index (χ4n) is 1.04. The molecule has 0 saturated carbocycles. The van der Waals surface area contributed by atoms with E-state index in [0.29, 0.717) is 5.13 Å². The first-order valence-corrected chi connectivity index (χ1v) is 6.17. The number of hydrogen-bond acceptors (Lipinski definition) is 4. The molecule has 0 aliphatic heterocycles. The summed E-state index contributed by atoms with van der Waals surface area (Å²) in [5, 5.41) is 2.69. The van der Waals surface area contributed by atoms with Crippen molar-refractivity contribution in [3.8, 4) is 0 Å². The van der Waals surface area contributed by atoms with Crippen LogP contribution in [0.5, 0.6) is 0 Å². The molecule has 0 saturated heterocycles. The summed E-state index contributed by atoms with van der Waals surface area (Å²) in [6, 6.07) is 4.15. The molecule has 13 heavy (non-hydrogen) atoms. The molecule has 5 heteroatoms. The van der Waals surface area contributed by atoms with Gasteiger partial charge in [0, 0.05) is 11.3 Å². The molecule has 0 amide bonds. The highest BCUT2D eigenvalue weighted by Gasteiger charge is 2.07. The Hall–Kier alpha value is -0.390. The molecule has 0 atom stereocenters. The lowest BCUT2D eigenvalue weighted by molar-refractivity contribution is 1.13. The Kier molecular flexibility index (Phi) is 2.66. The zero-order valence-electron chi connectivity index (χ0n) is 6.66. The fourth-order valence-corrected chi connectivity index (χ4v) is 3.05. The molecule has 2 rings (SSSR count). The van der Waals surface area contributed by atoms with Gasteiger partial charge in [-0.15, -0.1) is 11.3 Å². The Labute approximate surface area is 92.6 Å². The SMILES string of the molecule is Nc1nc(Cc2cccs2)c(Br)s1. The van der Waals surface area contributed by atoms with Crippen molar-refractivity contribution in [1.82, 2.24) is 4.98 Å². The van der Waals surface area contributed by atoms with Crippen LogP contribution >= 0.6 is 38.6 Å². The number of rotatable bonds is 2. The van der Waals surface area contributed by atoms with Crippen LogP contribution in [0.15, 0.2) is 21.3 Å². The Morgan fingerprint density at radius 1 is 1.54 bits per heavy atom. The monoisotopic (exact) mass is 274 g/mol. The summed E-state index contributed by atoms with van der Waals surface area (Å²) in [6.45, 7) is 0. The first-order chi connectivity index (χ1) is 6.25. The quantitative estimate of drug-likeness (QED) is 0.914. The Morgan fingerprint density at radius 3 is 2.92 bits per heavy atom. The minimum Gasteiger partial charge on any atom is -0.375 e. The predicted octanol–water partition coefficient (Wildman–Crippen LogP) is 3.14. The lowest BCUT2D eigenvalue weighted by Crippen LogP contribution is -1.87. The van der Waals surface area contributed by atoms with Crippen molar-refractivity contribution in [2.45, 2.75) is 6.42 Å². The van der Waals surface area contributed by atoms with Crippen molar-refractivity contribution in [1.29, 1.82) is 0 Å². The third-order valence-electron chi connectivity index (χ3n) is 1.59. The minimum absolute atomic E-state index is 0.624. The molecule has 68 valence electrons. The van der Waals surface area contributed by atoms with E-state index in [0.717, 1.165) is 15.9 Å². The van der Waals surface area contributed by atoms with Crippen molar-refractivity contribution in [2.24, 2.45) is 0 Å². The zero-order valence-corrected chi connectivity index (χ0v) is 9.88. The van der Waals surface area contributed by atoms with Crippen LogP contribution in [0.25, 0.3) is 0 Å². The third-order valence-corrected chi connectivity index (χ3v) is 4.12. The Bertz CT molecular complexity index is 394. The van der Waals surface area contributed by atoms with Gasteiger partial charge in [-0.25, -0.2) is 4.98 Å². The molecule has 0 bridgehead atoms. The van der Waals surface area contributed by atoms with Gasteiger partial charge in [0.2, 0.25) is 0 Å². The van der Waals surface area contributed by atoms with Gasteiger partial charge < -0.3 is 5.73 Å². The number of hydrogen-bond donors (Lipinski definition) is 1. The van der Waals surface area contributed by atoms with Crippen LogP contribution in [0.2, 0.25) is 0 Å². The van der Waals surface area contributed by atoms with Gasteiger partial charge in [-0.05, 0) is 27.4 Å². The minimum atomic E-state index is 0.624. The maximum Gasteiger partial charge on any atom is 0.181 e. The van der Waals surface area contributed by atoms with E-state index < -0.39 is 0 Å². The molecule has 2 aromatic heterocycles. The Morgan fingerprint density at radius 2 is 2.38 bits per heavy atom. The average Bonchev–Trinajstić information content (AvgIpc) is 2.63. The first-order valence-electron chi connectivity index (χ1n) is 3.69. The molecule has 0 unspecified atom stereocenters. The van der Waals surface area contributed by atoms with E-state index in [9.17, 15) is 0 Å². The molecule has 0 fully saturated rings. The van der Waals surface area contributed by atoms with Gasteiger partial charge in [-0.2, -0.15) is 0 Å². The molecule has 0 radical (unpaired) electrons. The van der Waals surface area contributed by atoms with Crippen LogP contribution in [-0.4, -0.2) is 4.98 Å². The normalized spacial score (nSPS) is 10.5. The average molecular weight is 275 g/mol. The second kappa shape index (κ2) is 3.77. The molecule has 0 aliphatic carbocycles. The highest BCUT2D eigenvalue weighted by atomic mass is 79.9. The van der Waals surface area contributed by atoms with Crippen LogP contribution in [0.4, 0.5) is 5.13 Å². The summed E-state index contributed by atoms with van der Waals surface area (Å²) < 4.78 is 1.04. The predicted molar refractivity (Wildman–Crippen MR) is 61.4 cm³/mol. The first kappa shape index (κ1) is 9.18. The maximum absolute atomic E-state index is 5.59. The molecule has 0 spiro atoms. The standard InChI is InChI=1S/C8H7BrN2S2/c9-7-6(11-8(10)13-7)4-5-2-1-3-12-5/h1-3H,4H2,(H2,10,11). The number of thiophene rings is 1. The number of nitrogen functional groups attached to an aromatic ring is 1. The van der Waals surface area contributed by atoms with Crippen LogP contribution in [0.1, 0.15) is 10.6 Å². The largest absolute Gasteiger partial charge is 0.375 e. The van der Waals surface area contributed by atoms with E-state index in [4.69, 9.17) is 5.73 Å². The van der Waals surface area contributed by atoms with Gasteiger partial charge in [0.1, 0.15) is 0 Å². The topological polar surface area (TPSA) is 38.9 Å². The second-order valence-corrected chi connectivity index (χ2v) is 5.91. The molecule has 0 aromatic carbocycles. The van der Waals surface area contributed by atoms with E-state index in [1.807, 2.05) is 6.07 Å². The van der Waals surface area contributed by atoms with Gasteiger partial charge in [0.25, 0.3) is 0 Å². The number of thiazole rings is 1. The highest BCUT2D eigenvalue weighted by Crippen LogP contribution is 2.28. The van der Waals surface area contributed by atoms with Gasteiger partial charge in [-0.1, -0.05) is 17.4 Å². The summed E-state index contributed by atoms with van der Waals surface area (Å²) in [5.74, 6) is 0. The summed E-state index contributed by atoms with van der Waals surface area (Å²) in [4.78, 5) is 5.55. The van der Waals surface area contributed by atoms with Gasteiger partial charge in [-0.3, -0.25) is 0 Å².